The van der Waals surface area contributed by atoms with Gasteiger partial charge in [0, 0.05) is 12.0 Å². The van der Waals surface area contributed by atoms with Gasteiger partial charge in [-0.1, -0.05) is 50.8 Å². The predicted octanol–water partition coefficient (Wildman–Crippen LogP) is -0.957. The number of nitrogens with two attached hydrogens (primary N) is 1. The number of hydrogen-bond acceptors (Lipinski definition) is 6. The first-order valence-corrected chi connectivity index (χ1v) is 10.9. The predicted molar refractivity (Wildman–Crippen MR) is 127 cm³/mol. The zero-order chi connectivity index (χ0) is 25.7. The number of carbonyl (C=O) groups excluding carboxylic acids is 5. The lowest BCUT2D eigenvalue weighted by molar-refractivity contribution is -0.133. The molecule has 2 atom stereocenters. The summed E-state index contributed by atoms with van der Waals surface area (Å²) in [6, 6.07) is 7.10. The molecular formula is C23H34N6O5. The Balaban J connectivity index is 2.96. The molecular weight excluding hydrogens is 440 g/mol. The van der Waals surface area contributed by atoms with Crippen LogP contribution in [0.2, 0.25) is 0 Å². The van der Waals surface area contributed by atoms with Crippen LogP contribution < -0.4 is 32.5 Å². The van der Waals surface area contributed by atoms with Crippen molar-refractivity contribution >= 4 is 29.5 Å². The normalized spacial score (nSPS) is 12.1. The largest absolute Gasteiger partial charge is 0.345 e. The Labute approximate surface area is 199 Å². The van der Waals surface area contributed by atoms with Gasteiger partial charge in [-0.05, 0) is 24.8 Å². The van der Waals surface area contributed by atoms with Gasteiger partial charge in [0.15, 0.2) is 0 Å². The van der Waals surface area contributed by atoms with Crippen LogP contribution in [-0.2, 0) is 30.4 Å². The van der Waals surface area contributed by atoms with Gasteiger partial charge in [-0.25, -0.2) is 5.84 Å². The molecule has 0 unspecified atom stereocenters. The highest BCUT2D eigenvalue weighted by Crippen LogP contribution is 2.08. The number of benzene rings is 1. The van der Waals surface area contributed by atoms with Gasteiger partial charge in [0.2, 0.25) is 23.6 Å². The smallest absolute Gasteiger partial charge is 0.253 e. The summed E-state index contributed by atoms with van der Waals surface area (Å²) in [7, 11) is 0. The first-order valence-electron chi connectivity index (χ1n) is 10.9. The van der Waals surface area contributed by atoms with Crippen molar-refractivity contribution < 1.29 is 24.0 Å². The Morgan fingerprint density at radius 3 is 2.06 bits per heavy atom. The molecule has 5 amide bonds. The zero-order valence-electron chi connectivity index (χ0n) is 19.8. The second-order valence-electron chi connectivity index (χ2n) is 8.25. The lowest BCUT2D eigenvalue weighted by atomic mass is 10.0. The van der Waals surface area contributed by atoms with E-state index in [9.17, 15) is 24.0 Å². The number of hydrazine groups is 1. The SMILES string of the molecule is C=C(C)C(=O)NCC(=O)N[C@@H](Cc1ccccc1)C(=O)N[C@@H](CC(C)C)C(=O)NCC(=O)NN. The maximum Gasteiger partial charge on any atom is 0.253 e. The molecule has 0 radical (unpaired) electrons. The Morgan fingerprint density at radius 2 is 1.50 bits per heavy atom. The standard InChI is InChI=1S/C23H34N6O5/c1-14(2)10-17(22(33)26-13-20(31)29-24)28-23(34)18(11-16-8-6-5-7-9-16)27-19(30)12-25-21(32)15(3)4/h5-9,14,17-18H,3,10-13,24H2,1-2,4H3,(H,25,32)(H,26,33)(H,27,30)(H,28,34)(H,29,31)/t17-,18-/m0/s1. The van der Waals surface area contributed by atoms with Gasteiger partial charge >= 0.3 is 0 Å². The Bertz CT molecular complexity index is 887. The minimum absolute atomic E-state index is 0.0545. The minimum Gasteiger partial charge on any atom is -0.345 e. The molecule has 11 nitrogen and oxygen atoms in total. The van der Waals surface area contributed by atoms with E-state index in [1.165, 1.54) is 6.92 Å². The Morgan fingerprint density at radius 1 is 0.882 bits per heavy atom. The molecule has 0 saturated carbocycles. The summed E-state index contributed by atoms with van der Waals surface area (Å²) in [5.74, 6) is 2.31. The molecule has 186 valence electrons. The molecule has 34 heavy (non-hydrogen) atoms. The number of nitrogens with one attached hydrogen (secondary N) is 5. The van der Waals surface area contributed by atoms with Crippen molar-refractivity contribution in [2.45, 2.75) is 45.7 Å². The molecule has 0 aromatic heterocycles. The van der Waals surface area contributed by atoms with E-state index in [1.807, 2.05) is 25.3 Å². The van der Waals surface area contributed by atoms with E-state index in [0.29, 0.717) is 6.42 Å². The maximum absolute atomic E-state index is 13.1. The lowest BCUT2D eigenvalue weighted by Gasteiger charge is -2.24. The Kier molecular flexibility index (Phi) is 12.0. The van der Waals surface area contributed by atoms with Crippen LogP contribution in [0.1, 0.15) is 32.8 Å². The molecule has 0 spiro atoms. The van der Waals surface area contributed by atoms with E-state index in [1.54, 1.807) is 24.3 Å². The van der Waals surface area contributed by atoms with E-state index < -0.39 is 41.6 Å². The van der Waals surface area contributed by atoms with Crippen LogP contribution in [0, 0.1) is 5.92 Å². The summed E-state index contributed by atoms with van der Waals surface area (Å²) in [6.07, 6.45) is 0.473. The van der Waals surface area contributed by atoms with Crippen molar-refractivity contribution in [2.24, 2.45) is 11.8 Å². The van der Waals surface area contributed by atoms with Crippen LogP contribution >= 0.6 is 0 Å². The Hall–Kier alpha value is -3.73. The van der Waals surface area contributed by atoms with Crippen molar-refractivity contribution in [2.75, 3.05) is 13.1 Å². The van der Waals surface area contributed by atoms with Gasteiger partial charge < -0.3 is 21.3 Å². The summed E-state index contributed by atoms with van der Waals surface area (Å²) >= 11 is 0. The third-order valence-corrected chi connectivity index (χ3v) is 4.66. The van der Waals surface area contributed by atoms with Crippen molar-refractivity contribution in [1.82, 2.24) is 26.7 Å². The van der Waals surface area contributed by atoms with Crippen molar-refractivity contribution in [3.63, 3.8) is 0 Å². The molecule has 0 aliphatic carbocycles. The average molecular weight is 475 g/mol. The quantitative estimate of drug-likeness (QED) is 0.0930. The van der Waals surface area contributed by atoms with Gasteiger partial charge in [0.25, 0.3) is 5.91 Å². The van der Waals surface area contributed by atoms with Crippen LogP contribution in [0.3, 0.4) is 0 Å². The third kappa shape index (κ3) is 10.7. The fourth-order valence-corrected chi connectivity index (χ4v) is 2.93. The van der Waals surface area contributed by atoms with Crippen LogP contribution in [-0.4, -0.2) is 54.7 Å². The second kappa shape index (κ2) is 14.4. The van der Waals surface area contributed by atoms with Gasteiger partial charge in [0.05, 0.1) is 13.1 Å². The summed E-state index contributed by atoms with van der Waals surface area (Å²) in [5, 5.41) is 10.1. The number of amides is 5. The monoisotopic (exact) mass is 474 g/mol. The van der Waals surface area contributed by atoms with Crippen LogP contribution in [0.15, 0.2) is 42.5 Å². The molecule has 1 aromatic rings. The minimum atomic E-state index is -1.01. The highest BCUT2D eigenvalue weighted by molar-refractivity contribution is 5.96. The molecule has 1 rings (SSSR count). The van der Waals surface area contributed by atoms with Crippen molar-refractivity contribution in [3.05, 3.63) is 48.0 Å². The molecule has 0 fully saturated rings. The first-order chi connectivity index (χ1) is 16.0. The van der Waals surface area contributed by atoms with E-state index in [2.05, 4.69) is 27.8 Å². The third-order valence-electron chi connectivity index (χ3n) is 4.66. The fraction of sp³-hybridized carbons (Fsp3) is 0.435. The number of carbonyl (C=O) groups is 5. The summed E-state index contributed by atoms with van der Waals surface area (Å²) in [4.78, 5) is 61.1. The number of hydrogen-bond donors (Lipinski definition) is 6. The van der Waals surface area contributed by atoms with E-state index >= 15 is 0 Å². The van der Waals surface area contributed by atoms with Gasteiger partial charge in [-0.15, -0.1) is 0 Å². The summed E-state index contributed by atoms with van der Waals surface area (Å²) < 4.78 is 0. The van der Waals surface area contributed by atoms with E-state index in [4.69, 9.17) is 5.84 Å². The van der Waals surface area contributed by atoms with Crippen molar-refractivity contribution in [1.29, 1.82) is 0 Å². The first kappa shape index (κ1) is 28.3. The molecule has 0 bridgehead atoms. The summed E-state index contributed by atoms with van der Waals surface area (Å²) in [6.45, 7) is 8.10. The van der Waals surface area contributed by atoms with Crippen LogP contribution in [0.5, 0.6) is 0 Å². The van der Waals surface area contributed by atoms with E-state index in [-0.39, 0.29) is 31.0 Å². The zero-order valence-corrected chi connectivity index (χ0v) is 19.8. The molecule has 0 aliphatic heterocycles. The molecule has 0 heterocycles. The second-order valence-corrected chi connectivity index (χ2v) is 8.25. The highest BCUT2D eigenvalue weighted by Gasteiger charge is 2.28. The molecule has 1 aromatic carbocycles. The van der Waals surface area contributed by atoms with Crippen molar-refractivity contribution in [3.8, 4) is 0 Å². The molecule has 11 heteroatoms. The van der Waals surface area contributed by atoms with Gasteiger partial charge in [-0.2, -0.15) is 0 Å². The molecule has 0 saturated heterocycles. The van der Waals surface area contributed by atoms with Crippen LogP contribution in [0.4, 0.5) is 0 Å². The van der Waals surface area contributed by atoms with Gasteiger partial charge in [0.1, 0.15) is 12.1 Å². The maximum atomic E-state index is 13.1. The molecule has 0 aliphatic rings. The highest BCUT2D eigenvalue weighted by atomic mass is 16.2. The number of rotatable bonds is 13. The van der Waals surface area contributed by atoms with Crippen LogP contribution in [0.25, 0.3) is 0 Å². The molecule has 7 N–H and O–H groups in total. The summed E-state index contributed by atoms with van der Waals surface area (Å²) in [5.41, 5.74) is 2.95. The topological polar surface area (TPSA) is 172 Å². The van der Waals surface area contributed by atoms with E-state index in [0.717, 1.165) is 5.56 Å². The lowest BCUT2D eigenvalue weighted by Crippen LogP contribution is -2.56. The average Bonchev–Trinajstić information content (AvgIpc) is 2.79. The fourth-order valence-electron chi connectivity index (χ4n) is 2.93. The van der Waals surface area contributed by atoms with Gasteiger partial charge in [-0.3, -0.25) is 29.4 Å².